The number of aromatic amines is 1. The number of anilines is 2. The van der Waals surface area contributed by atoms with Crippen molar-refractivity contribution < 1.29 is 4.74 Å². The van der Waals surface area contributed by atoms with Crippen LogP contribution in [0.25, 0.3) is 11.2 Å². The number of H-pyrrole nitrogens is 1. The predicted octanol–water partition coefficient (Wildman–Crippen LogP) is 1.92. The lowest BCUT2D eigenvalue weighted by molar-refractivity contribution is 0.363. The molecule has 138 valence electrons. The molecule has 9 heteroatoms. The molecule has 1 fully saturated rings. The van der Waals surface area contributed by atoms with Gasteiger partial charge in [0.05, 0.1) is 11.8 Å². The fourth-order valence-corrected chi connectivity index (χ4v) is 3.07. The molecule has 0 spiro atoms. The Morgan fingerprint density at radius 3 is 2.85 bits per heavy atom. The Kier molecular flexibility index (Phi) is 4.05. The topological polar surface area (TPSA) is 143 Å². The highest BCUT2D eigenvalue weighted by molar-refractivity contribution is 5.77. The number of ether oxygens (including phenoxy) is 1. The van der Waals surface area contributed by atoms with Crippen LogP contribution in [-0.4, -0.2) is 38.8 Å². The molecule has 2 aromatic heterocycles. The highest BCUT2D eigenvalue weighted by Crippen LogP contribution is 2.30. The normalized spacial score (nSPS) is 16.3. The number of aromatic nitrogens is 4. The number of hydrogen-bond acceptors (Lipinski definition) is 8. The van der Waals surface area contributed by atoms with E-state index in [-0.39, 0.29) is 11.4 Å². The predicted molar refractivity (Wildman–Crippen MR) is 101 cm³/mol. The molecular formula is C18H20N8O. The minimum atomic E-state index is -0.124. The average molecular weight is 364 g/mol. The van der Waals surface area contributed by atoms with Gasteiger partial charge in [-0.2, -0.15) is 5.26 Å². The maximum atomic E-state index is 9.25. The van der Waals surface area contributed by atoms with Crippen LogP contribution >= 0.6 is 0 Å². The van der Waals surface area contributed by atoms with Crippen LogP contribution in [0.4, 0.5) is 11.5 Å². The molecule has 0 atom stereocenters. The third-order valence-corrected chi connectivity index (χ3v) is 4.79. The van der Waals surface area contributed by atoms with E-state index in [4.69, 9.17) is 16.2 Å². The molecule has 0 amide bonds. The smallest absolute Gasteiger partial charge is 0.266 e. The summed E-state index contributed by atoms with van der Waals surface area (Å²) in [4.78, 5) is 11.2. The first-order chi connectivity index (χ1) is 12.9. The van der Waals surface area contributed by atoms with Gasteiger partial charge < -0.3 is 21.1 Å². The van der Waals surface area contributed by atoms with Crippen molar-refractivity contribution in [1.82, 2.24) is 20.2 Å². The van der Waals surface area contributed by atoms with Crippen LogP contribution in [0.1, 0.15) is 25.3 Å². The van der Waals surface area contributed by atoms with E-state index in [1.807, 2.05) is 0 Å². The number of benzene rings is 1. The van der Waals surface area contributed by atoms with Crippen molar-refractivity contribution >= 4 is 22.7 Å². The SMILES string of the molecule is CC1(N)CCN(c2cnc3c(Oc4ccc(N)cc4C#N)n[nH]c3n2)CC1. The van der Waals surface area contributed by atoms with Crippen LogP contribution in [0.2, 0.25) is 0 Å². The zero-order chi connectivity index (χ0) is 19.0. The number of nitrogens with two attached hydrogens (primary N) is 2. The molecule has 3 aromatic rings. The van der Waals surface area contributed by atoms with E-state index in [0.717, 1.165) is 31.7 Å². The Morgan fingerprint density at radius 1 is 1.33 bits per heavy atom. The molecule has 9 nitrogen and oxygen atoms in total. The van der Waals surface area contributed by atoms with Gasteiger partial charge in [-0.05, 0) is 38.0 Å². The first kappa shape index (κ1) is 17.1. The van der Waals surface area contributed by atoms with Crippen molar-refractivity contribution in [2.75, 3.05) is 23.7 Å². The van der Waals surface area contributed by atoms with Gasteiger partial charge in [0.2, 0.25) is 0 Å². The zero-order valence-electron chi connectivity index (χ0n) is 14.9. The van der Waals surface area contributed by atoms with Crippen LogP contribution < -0.4 is 21.1 Å². The number of nitrogens with one attached hydrogen (secondary N) is 1. The highest BCUT2D eigenvalue weighted by Gasteiger charge is 2.27. The Balaban J connectivity index is 1.59. The van der Waals surface area contributed by atoms with Crippen LogP contribution in [0, 0.1) is 11.3 Å². The molecule has 0 bridgehead atoms. The lowest BCUT2D eigenvalue weighted by atomic mass is 9.91. The van der Waals surface area contributed by atoms with E-state index in [1.54, 1.807) is 24.4 Å². The third-order valence-electron chi connectivity index (χ3n) is 4.79. The Morgan fingerprint density at radius 2 is 2.11 bits per heavy atom. The summed E-state index contributed by atoms with van der Waals surface area (Å²) in [5.41, 5.74) is 13.6. The molecule has 1 aliphatic heterocycles. The van der Waals surface area contributed by atoms with Crippen LogP contribution in [0.15, 0.2) is 24.4 Å². The average Bonchev–Trinajstić information content (AvgIpc) is 3.05. The Labute approximate surface area is 156 Å². The van der Waals surface area contributed by atoms with Crippen molar-refractivity contribution in [1.29, 1.82) is 5.26 Å². The molecule has 4 rings (SSSR count). The number of piperidine rings is 1. The summed E-state index contributed by atoms with van der Waals surface area (Å²) < 4.78 is 5.77. The second-order valence-electron chi connectivity index (χ2n) is 7.06. The number of rotatable bonds is 3. The maximum Gasteiger partial charge on any atom is 0.266 e. The van der Waals surface area contributed by atoms with Gasteiger partial charge in [-0.1, -0.05) is 0 Å². The molecular weight excluding hydrogens is 344 g/mol. The number of nitriles is 1. The van der Waals surface area contributed by atoms with Crippen molar-refractivity contribution in [3.63, 3.8) is 0 Å². The standard InChI is InChI=1S/C18H20N8O/c1-18(21)4-6-26(7-5-18)14-10-22-15-16(23-14)24-25-17(15)27-13-3-2-12(20)8-11(13)9-19/h2-3,8,10H,4-7,20-21H2,1H3,(H,23,24,25). The maximum absolute atomic E-state index is 9.25. The van der Waals surface area contributed by atoms with Gasteiger partial charge >= 0.3 is 0 Å². The fraction of sp³-hybridized carbons (Fsp3) is 0.333. The van der Waals surface area contributed by atoms with Crippen molar-refractivity contribution in [3.8, 4) is 17.7 Å². The van der Waals surface area contributed by atoms with E-state index < -0.39 is 0 Å². The summed E-state index contributed by atoms with van der Waals surface area (Å²) in [5, 5.41) is 16.2. The van der Waals surface area contributed by atoms with Gasteiger partial charge in [0, 0.05) is 24.3 Å². The van der Waals surface area contributed by atoms with E-state index in [0.29, 0.717) is 28.2 Å². The summed E-state index contributed by atoms with van der Waals surface area (Å²) in [5.74, 6) is 1.40. The second-order valence-corrected chi connectivity index (χ2v) is 7.06. The number of nitrogen functional groups attached to an aromatic ring is 1. The first-order valence-corrected chi connectivity index (χ1v) is 8.68. The van der Waals surface area contributed by atoms with Gasteiger partial charge in [0.25, 0.3) is 5.88 Å². The van der Waals surface area contributed by atoms with Crippen molar-refractivity contribution in [3.05, 3.63) is 30.0 Å². The minimum absolute atomic E-state index is 0.124. The van der Waals surface area contributed by atoms with E-state index in [1.165, 1.54) is 0 Å². The monoisotopic (exact) mass is 364 g/mol. The zero-order valence-corrected chi connectivity index (χ0v) is 14.9. The van der Waals surface area contributed by atoms with Crippen LogP contribution in [-0.2, 0) is 0 Å². The van der Waals surface area contributed by atoms with E-state index in [9.17, 15) is 5.26 Å². The number of hydrogen-bond donors (Lipinski definition) is 3. The lowest BCUT2D eigenvalue weighted by Crippen LogP contribution is -2.48. The summed E-state index contributed by atoms with van der Waals surface area (Å²) in [6.07, 6.45) is 3.51. The number of fused-ring (bicyclic) bond motifs is 1. The summed E-state index contributed by atoms with van der Waals surface area (Å²) in [6.45, 7) is 3.74. The molecule has 1 aromatic carbocycles. The lowest BCUT2D eigenvalue weighted by Gasteiger charge is -2.37. The Bertz CT molecular complexity index is 1030. The summed E-state index contributed by atoms with van der Waals surface area (Å²) in [7, 11) is 0. The second kappa shape index (κ2) is 6.41. The molecule has 1 aliphatic rings. The summed E-state index contributed by atoms with van der Waals surface area (Å²) in [6, 6.07) is 6.91. The third kappa shape index (κ3) is 3.35. The van der Waals surface area contributed by atoms with Crippen molar-refractivity contribution in [2.45, 2.75) is 25.3 Å². The molecule has 0 unspecified atom stereocenters. The van der Waals surface area contributed by atoms with Gasteiger partial charge in [0.1, 0.15) is 17.6 Å². The Hall–Kier alpha value is -3.38. The fourth-order valence-electron chi connectivity index (χ4n) is 3.07. The molecule has 5 N–H and O–H groups in total. The van der Waals surface area contributed by atoms with Crippen LogP contribution in [0.5, 0.6) is 11.6 Å². The minimum Gasteiger partial charge on any atom is -0.435 e. The van der Waals surface area contributed by atoms with Gasteiger partial charge in [-0.3, -0.25) is 5.10 Å². The van der Waals surface area contributed by atoms with Gasteiger partial charge in [0.15, 0.2) is 11.2 Å². The number of nitrogens with zero attached hydrogens (tertiary/aromatic N) is 5. The molecule has 1 saturated heterocycles. The quantitative estimate of drug-likeness (QED) is 0.598. The molecule has 0 saturated carbocycles. The molecule has 27 heavy (non-hydrogen) atoms. The summed E-state index contributed by atoms with van der Waals surface area (Å²) >= 11 is 0. The molecule has 0 radical (unpaired) electrons. The van der Waals surface area contributed by atoms with Gasteiger partial charge in [-0.15, -0.1) is 5.10 Å². The first-order valence-electron chi connectivity index (χ1n) is 8.68. The van der Waals surface area contributed by atoms with Crippen LogP contribution in [0.3, 0.4) is 0 Å². The molecule has 0 aliphatic carbocycles. The van der Waals surface area contributed by atoms with E-state index >= 15 is 0 Å². The van der Waals surface area contributed by atoms with E-state index in [2.05, 4.69) is 38.1 Å². The molecule has 3 heterocycles. The van der Waals surface area contributed by atoms with Gasteiger partial charge in [-0.25, -0.2) is 9.97 Å². The largest absolute Gasteiger partial charge is 0.435 e. The van der Waals surface area contributed by atoms with Crippen molar-refractivity contribution in [2.24, 2.45) is 5.73 Å². The highest BCUT2D eigenvalue weighted by atomic mass is 16.5.